The van der Waals surface area contributed by atoms with Gasteiger partial charge in [-0.2, -0.15) is 0 Å². The molecule has 0 unspecified atom stereocenters. The molecule has 76 valence electrons. The van der Waals surface area contributed by atoms with Crippen LogP contribution in [0.4, 0.5) is 0 Å². The first-order valence-corrected chi connectivity index (χ1v) is 4.09. The largest absolute Gasteiger partial charge is 0.480 e. The van der Waals surface area contributed by atoms with Gasteiger partial charge in [-0.3, -0.25) is 9.59 Å². The van der Waals surface area contributed by atoms with E-state index in [4.69, 9.17) is 15.3 Å². The molecule has 0 radical (unpaired) electrons. The van der Waals surface area contributed by atoms with Crippen molar-refractivity contribution in [3.05, 3.63) is 0 Å². The zero-order valence-electron chi connectivity index (χ0n) is 7.49. The molecule has 0 saturated heterocycles. The van der Waals surface area contributed by atoms with Crippen LogP contribution in [0.25, 0.3) is 0 Å². The van der Waals surface area contributed by atoms with Gasteiger partial charge in [0, 0.05) is 0 Å². The van der Waals surface area contributed by atoms with Crippen molar-refractivity contribution in [1.29, 1.82) is 0 Å². The molecule has 0 heterocycles. The minimum Gasteiger partial charge on any atom is -0.480 e. The van der Waals surface area contributed by atoms with Crippen LogP contribution in [0.2, 0.25) is 0 Å². The highest BCUT2D eigenvalue weighted by Gasteiger charge is 2.45. The van der Waals surface area contributed by atoms with Gasteiger partial charge in [-0.15, -0.1) is 0 Å². The van der Waals surface area contributed by atoms with Gasteiger partial charge in [0.25, 0.3) is 0 Å². The molecule has 13 heavy (non-hydrogen) atoms. The number of carboxylic acid groups (broad SMARTS) is 2. The molecule has 5 heteroatoms. The van der Waals surface area contributed by atoms with E-state index < -0.39 is 24.0 Å². The monoisotopic (exact) mass is 190 g/mol. The highest BCUT2D eigenvalue weighted by Crippen LogP contribution is 2.25. The average molecular weight is 190 g/mol. The lowest BCUT2D eigenvalue weighted by atomic mass is 9.84. The molecule has 0 aromatic carbocycles. The van der Waals surface area contributed by atoms with Crippen molar-refractivity contribution < 1.29 is 24.9 Å². The van der Waals surface area contributed by atoms with Crippen LogP contribution in [0.5, 0.6) is 0 Å². The highest BCUT2D eigenvalue weighted by molar-refractivity contribution is 5.98. The Morgan fingerprint density at radius 2 is 1.69 bits per heavy atom. The molecule has 0 aliphatic carbocycles. The Morgan fingerprint density at radius 3 is 1.92 bits per heavy atom. The highest BCUT2D eigenvalue weighted by atomic mass is 16.4. The number of aliphatic carboxylic acids is 2. The molecule has 0 aliphatic heterocycles. The molecule has 0 spiro atoms. The molecule has 0 amide bonds. The van der Waals surface area contributed by atoms with Crippen molar-refractivity contribution in [3.63, 3.8) is 0 Å². The van der Waals surface area contributed by atoms with Gasteiger partial charge in [-0.1, -0.05) is 19.8 Å². The second kappa shape index (κ2) is 4.81. The molecule has 5 nitrogen and oxygen atoms in total. The summed E-state index contributed by atoms with van der Waals surface area (Å²) < 4.78 is 0. The fourth-order valence-corrected chi connectivity index (χ4v) is 0.998. The Balaban J connectivity index is 4.66. The molecule has 0 saturated carbocycles. The maximum absolute atomic E-state index is 10.7. The maximum atomic E-state index is 10.7. The fraction of sp³-hybridized carbons (Fsp3) is 0.750. The van der Waals surface area contributed by atoms with Crippen LogP contribution in [0.1, 0.15) is 26.2 Å². The van der Waals surface area contributed by atoms with Gasteiger partial charge in [0.1, 0.15) is 0 Å². The van der Waals surface area contributed by atoms with E-state index in [2.05, 4.69) is 0 Å². The normalized spacial score (nSPS) is 11.2. The van der Waals surface area contributed by atoms with Gasteiger partial charge in [0.05, 0.1) is 6.61 Å². The SMILES string of the molecule is CCCCC(CO)(C(=O)O)C(=O)O. The van der Waals surface area contributed by atoms with Crippen molar-refractivity contribution in [2.75, 3.05) is 6.61 Å². The van der Waals surface area contributed by atoms with Crippen molar-refractivity contribution in [2.24, 2.45) is 5.41 Å². The summed E-state index contributed by atoms with van der Waals surface area (Å²) in [6, 6.07) is 0. The molecular weight excluding hydrogens is 176 g/mol. The summed E-state index contributed by atoms with van der Waals surface area (Å²) in [6.07, 6.45) is 1.13. The number of hydrogen-bond acceptors (Lipinski definition) is 3. The van der Waals surface area contributed by atoms with E-state index in [0.29, 0.717) is 12.8 Å². The average Bonchev–Trinajstić information content (AvgIpc) is 2.05. The minimum absolute atomic E-state index is 0.0370. The number of aliphatic hydroxyl groups is 1. The second-order valence-corrected chi connectivity index (χ2v) is 2.95. The minimum atomic E-state index is -2.02. The fourth-order valence-electron chi connectivity index (χ4n) is 0.998. The van der Waals surface area contributed by atoms with Gasteiger partial charge in [0.2, 0.25) is 0 Å². The van der Waals surface area contributed by atoms with Gasteiger partial charge in [-0.05, 0) is 6.42 Å². The molecule has 0 rings (SSSR count). The topological polar surface area (TPSA) is 94.8 Å². The Bertz CT molecular complexity index is 185. The maximum Gasteiger partial charge on any atom is 0.323 e. The summed E-state index contributed by atoms with van der Waals surface area (Å²) in [7, 11) is 0. The molecular formula is C8H14O5. The second-order valence-electron chi connectivity index (χ2n) is 2.95. The van der Waals surface area contributed by atoms with Crippen LogP contribution in [0, 0.1) is 5.41 Å². The summed E-state index contributed by atoms with van der Waals surface area (Å²) in [4.78, 5) is 21.3. The lowest BCUT2D eigenvalue weighted by Crippen LogP contribution is -2.42. The lowest BCUT2D eigenvalue weighted by molar-refractivity contribution is -0.168. The first-order valence-electron chi connectivity index (χ1n) is 4.09. The summed E-state index contributed by atoms with van der Waals surface area (Å²) in [5.41, 5.74) is -2.02. The van der Waals surface area contributed by atoms with Crippen LogP contribution in [0.15, 0.2) is 0 Å². The number of aliphatic hydroxyl groups excluding tert-OH is 1. The van der Waals surface area contributed by atoms with Gasteiger partial charge < -0.3 is 15.3 Å². The standard InChI is InChI=1S/C8H14O5/c1-2-3-4-8(5-9,6(10)11)7(12)13/h9H,2-5H2,1H3,(H,10,11)(H,12,13). The molecule has 0 fully saturated rings. The molecule has 0 aromatic rings. The van der Waals surface area contributed by atoms with E-state index in [0.717, 1.165) is 0 Å². The zero-order valence-corrected chi connectivity index (χ0v) is 7.49. The van der Waals surface area contributed by atoms with Gasteiger partial charge in [0.15, 0.2) is 5.41 Å². The lowest BCUT2D eigenvalue weighted by Gasteiger charge is -2.21. The number of carboxylic acids is 2. The Morgan fingerprint density at radius 1 is 1.23 bits per heavy atom. The van der Waals surface area contributed by atoms with Crippen molar-refractivity contribution in [2.45, 2.75) is 26.2 Å². The summed E-state index contributed by atoms with van der Waals surface area (Å²) in [5, 5.41) is 26.1. The number of rotatable bonds is 6. The predicted octanol–water partition coefficient (Wildman–Crippen LogP) is 0.324. The van der Waals surface area contributed by atoms with E-state index in [1.165, 1.54) is 0 Å². The summed E-state index contributed by atoms with van der Waals surface area (Å²) in [6.45, 7) is 0.962. The van der Waals surface area contributed by atoms with E-state index in [1.54, 1.807) is 0 Å². The zero-order chi connectivity index (χ0) is 10.5. The number of hydrogen-bond donors (Lipinski definition) is 3. The smallest absolute Gasteiger partial charge is 0.323 e. The third kappa shape index (κ3) is 2.42. The summed E-state index contributed by atoms with van der Waals surface area (Å²) in [5.74, 6) is -2.95. The molecule has 0 aliphatic rings. The van der Waals surface area contributed by atoms with Crippen LogP contribution in [-0.4, -0.2) is 33.9 Å². The van der Waals surface area contributed by atoms with Crippen molar-refractivity contribution in [3.8, 4) is 0 Å². The van der Waals surface area contributed by atoms with Crippen molar-refractivity contribution in [1.82, 2.24) is 0 Å². The van der Waals surface area contributed by atoms with Crippen LogP contribution >= 0.6 is 0 Å². The van der Waals surface area contributed by atoms with E-state index in [9.17, 15) is 9.59 Å². The third-order valence-electron chi connectivity index (χ3n) is 2.05. The number of carbonyl (C=O) groups is 2. The van der Waals surface area contributed by atoms with Gasteiger partial charge >= 0.3 is 11.9 Å². The van der Waals surface area contributed by atoms with Gasteiger partial charge in [-0.25, -0.2) is 0 Å². The molecule has 0 bridgehead atoms. The molecule has 0 atom stereocenters. The van der Waals surface area contributed by atoms with E-state index in [1.807, 2.05) is 6.92 Å². The van der Waals surface area contributed by atoms with Crippen molar-refractivity contribution >= 4 is 11.9 Å². The molecule has 3 N–H and O–H groups in total. The van der Waals surface area contributed by atoms with Crippen LogP contribution in [0.3, 0.4) is 0 Å². The Kier molecular flexibility index (Phi) is 4.40. The van der Waals surface area contributed by atoms with Crippen LogP contribution in [-0.2, 0) is 9.59 Å². The van der Waals surface area contributed by atoms with Crippen LogP contribution < -0.4 is 0 Å². The summed E-state index contributed by atoms with van der Waals surface area (Å²) >= 11 is 0. The first kappa shape index (κ1) is 11.9. The Labute approximate surface area is 76.0 Å². The third-order valence-corrected chi connectivity index (χ3v) is 2.05. The number of unbranched alkanes of at least 4 members (excludes halogenated alkanes) is 1. The predicted molar refractivity (Wildman–Crippen MR) is 44.3 cm³/mol. The van der Waals surface area contributed by atoms with E-state index >= 15 is 0 Å². The quantitative estimate of drug-likeness (QED) is 0.524. The Hall–Kier alpha value is -1.10. The first-order chi connectivity index (χ1) is 6.01. The molecule has 0 aromatic heterocycles. The van der Waals surface area contributed by atoms with E-state index in [-0.39, 0.29) is 6.42 Å².